The number of hydrogen-bond donors (Lipinski definition) is 1. The summed E-state index contributed by atoms with van der Waals surface area (Å²) in [5.74, 6) is 1.26. The third-order valence-corrected chi connectivity index (χ3v) is 3.33. The zero-order chi connectivity index (χ0) is 13.4. The second-order valence-corrected chi connectivity index (χ2v) is 5.17. The fourth-order valence-electron chi connectivity index (χ4n) is 1.83. The molecule has 96 valence electrons. The van der Waals surface area contributed by atoms with Gasteiger partial charge in [0.2, 0.25) is 5.76 Å². The van der Waals surface area contributed by atoms with Gasteiger partial charge in [-0.2, -0.15) is 0 Å². The van der Waals surface area contributed by atoms with Crippen LogP contribution in [0.25, 0.3) is 22.6 Å². The Hall–Kier alpha value is -1.72. The van der Waals surface area contributed by atoms with E-state index in [0.29, 0.717) is 22.9 Å². The van der Waals surface area contributed by atoms with E-state index in [1.54, 1.807) is 12.1 Å². The van der Waals surface area contributed by atoms with Crippen LogP contribution in [-0.4, -0.2) is 5.16 Å². The Bertz CT molecular complexity index is 736. The zero-order valence-electron chi connectivity index (χ0n) is 9.56. The highest BCUT2D eigenvalue weighted by molar-refractivity contribution is 9.10. The minimum atomic E-state index is 0.283. The van der Waals surface area contributed by atoms with E-state index in [0.717, 1.165) is 10.0 Å². The number of furan rings is 1. The van der Waals surface area contributed by atoms with Crippen LogP contribution in [0.5, 0.6) is 0 Å². The van der Waals surface area contributed by atoms with Crippen molar-refractivity contribution in [3.8, 4) is 22.6 Å². The van der Waals surface area contributed by atoms with Crippen molar-refractivity contribution >= 4 is 33.3 Å². The summed E-state index contributed by atoms with van der Waals surface area (Å²) >= 11 is 9.19. The van der Waals surface area contributed by atoms with Gasteiger partial charge in [0.15, 0.2) is 16.8 Å². The van der Waals surface area contributed by atoms with Crippen molar-refractivity contribution in [3.63, 3.8) is 0 Å². The van der Waals surface area contributed by atoms with E-state index in [1.807, 2.05) is 24.3 Å². The predicted octanol–water partition coefficient (Wildman–Crippen LogP) is 4.60. The van der Waals surface area contributed by atoms with Gasteiger partial charge in [0, 0.05) is 4.47 Å². The van der Waals surface area contributed by atoms with E-state index >= 15 is 0 Å². The summed E-state index contributed by atoms with van der Waals surface area (Å²) in [6.45, 7) is 0. The van der Waals surface area contributed by atoms with Crippen molar-refractivity contribution < 1.29 is 8.94 Å². The third kappa shape index (κ3) is 2.27. The summed E-state index contributed by atoms with van der Waals surface area (Å²) in [5.41, 5.74) is 7.44. The highest BCUT2D eigenvalue weighted by Gasteiger charge is 2.20. The minimum absolute atomic E-state index is 0.283. The van der Waals surface area contributed by atoms with Gasteiger partial charge in [-0.1, -0.05) is 33.2 Å². The standard InChI is InChI=1S/C13H8BrClN2O2/c14-8-3-1-2-7(6-8)11-12(19-17-13(11)16)9-4-5-10(15)18-9/h1-6H,(H2,16,17). The van der Waals surface area contributed by atoms with E-state index in [4.69, 9.17) is 26.3 Å². The molecule has 4 nitrogen and oxygen atoms in total. The molecule has 0 aliphatic carbocycles. The number of halogens is 2. The van der Waals surface area contributed by atoms with E-state index in [9.17, 15) is 0 Å². The monoisotopic (exact) mass is 338 g/mol. The second-order valence-electron chi connectivity index (χ2n) is 3.89. The Labute approximate surface area is 122 Å². The van der Waals surface area contributed by atoms with Crippen molar-refractivity contribution in [3.05, 3.63) is 46.1 Å². The maximum Gasteiger partial charge on any atom is 0.212 e. The van der Waals surface area contributed by atoms with Gasteiger partial charge >= 0.3 is 0 Å². The number of anilines is 1. The zero-order valence-corrected chi connectivity index (χ0v) is 11.9. The van der Waals surface area contributed by atoms with Crippen molar-refractivity contribution in [2.45, 2.75) is 0 Å². The smallest absolute Gasteiger partial charge is 0.212 e. The van der Waals surface area contributed by atoms with Crippen LogP contribution in [0.4, 0.5) is 5.82 Å². The van der Waals surface area contributed by atoms with Gasteiger partial charge in [0.25, 0.3) is 0 Å². The lowest BCUT2D eigenvalue weighted by Crippen LogP contribution is -1.88. The number of benzene rings is 1. The first-order chi connectivity index (χ1) is 9.15. The minimum Gasteiger partial charge on any atom is -0.441 e. The van der Waals surface area contributed by atoms with Crippen LogP contribution in [0.2, 0.25) is 5.22 Å². The third-order valence-electron chi connectivity index (χ3n) is 2.63. The van der Waals surface area contributed by atoms with E-state index in [2.05, 4.69) is 21.1 Å². The number of nitrogen functional groups attached to an aromatic ring is 1. The highest BCUT2D eigenvalue weighted by atomic mass is 79.9. The van der Waals surface area contributed by atoms with Gasteiger partial charge < -0.3 is 14.7 Å². The first-order valence-corrected chi connectivity index (χ1v) is 6.59. The Morgan fingerprint density at radius 2 is 2.05 bits per heavy atom. The molecule has 2 aromatic heterocycles. The largest absolute Gasteiger partial charge is 0.441 e. The molecule has 0 spiro atoms. The SMILES string of the molecule is Nc1noc(-c2ccc(Cl)o2)c1-c1cccc(Br)c1. The summed E-state index contributed by atoms with van der Waals surface area (Å²) in [6, 6.07) is 11.0. The average Bonchev–Trinajstić information content (AvgIpc) is 2.95. The molecule has 2 N–H and O–H groups in total. The van der Waals surface area contributed by atoms with Crippen LogP contribution < -0.4 is 5.73 Å². The molecule has 0 aliphatic heterocycles. The lowest BCUT2D eigenvalue weighted by atomic mass is 10.1. The van der Waals surface area contributed by atoms with Crippen LogP contribution >= 0.6 is 27.5 Å². The topological polar surface area (TPSA) is 65.2 Å². The number of aromatic nitrogens is 1. The van der Waals surface area contributed by atoms with Crippen LogP contribution in [0.1, 0.15) is 0 Å². The number of rotatable bonds is 2. The first kappa shape index (κ1) is 12.3. The van der Waals surface area contributed by atoms with Crippen LogP contribution in [-0.2, 0) is 0 Å². The van der Waals surface area contributed by atoms with Crippen molar-refractivity contribution in [2.75, 3.05) is 5.73 Å². The molecule has 0 aliphatic rings. The van der Waals surface area contributed by atoms with Gasteiger partial charge in [-0.25, -0.2) is 0 Å². The van der Waals surface area contributed by atoms with Crippen LogP contribution in [0.15, 0.2) is 49.8 Å². The van der Waals surface area contributed by atoms with Gasteiger partial charge in [-0.3, -0.25) is 0 Å². The molecule has 0 radical (unpaired) electrons. The summed E-state index contributed by atoms with van der Waals surface area (Å²) in [6.07, 6.45) is 0. The normalized spacial score (nSPS) is 10.8. The molecule has 0 bridgehead atoms. The van der Waals surface area contributed by atoms with Gasteiger partial charge in [-0.15, -0.1) is 0 Å². The Morgan fingerprint density at radius 3 is 2.74 bits per heavy atom. The molecule has 3 aromatic rings. The molecule has 3 rings (SSSR count). The molecule has 0 atom stereocenters. The maximum atomic E-state index is 5.87. The average molecular weight is 340 g/mol. The number of nitrogens with zero attached hydrogens (tertiary/aromatic N) is 1. The lowest BCUT2D eigenvalue weighted by Gasteiger charge is -2.01. The summed E-state index contributed by atoms with van der Waals surface area (Å²) < 4.78 is 11.5. The number of nitrogens with two attached hydrogens (primary N) is 1. The predicted molar refractivity (Wildman–Crippen MR) is 76.8 cm³/mol. The van der Waals surface area contributed by atoms with Crippen molar-refractivity contribution in [2.24, 2.45) is 0 Å². The molecule has 0 amide bonds. The first-order valence-electron chi connectivity index (χ1n) is 5.42. The fraction of sp³-hybridized carbons (Fsp3) is 0. The Morgan fingerprint density at radius 1 is 1.21 bits per heavy atom. The second kappa shape index (κ2) is 4.75. The molecule has 19 heavy (non-hydrogen) atoms. The highest BCUT2D eigenvalue weighted by Crippen LogP contribution is 2.38. The van der Waals surface area contributed by atoms with Crippen molar-refractivity contribution in [1.29, 1.82) is 0 Å². The van der Waals surface area contributed by atoms with Crippen LogP contribution in [0.3, 0.4) is 0 Å². The van der Waals surface area contributed by atoms with E-state index in [-0.39, 0.29) is 5.22 Å². The quantitative estimate of drug-likeness (QED) is 0.741. The fourth-order valence-corrected chi connectivity index (χ4v) is 2.38. The van der Waals surface area contributed by atoms with Gasteiger partial charge in [0.1, 0.15) is 0 Å². The molecular formula is C13H8BrClN2O2. The maximum absolute atomic E-state index is 5.87. The molecule has 0 fully saturated rings. The van der Waals surface area contributed by atoms with Crippen molar-refractivity contribution in [1.82, 2.24) is 5.16 Å². The molecule has 2 heterocycles. The summed E-state index contributed by atoms with van der Waals surface area (Å²) in [4.78, 5) is 0. The van der Waals surface area contributed by atoms with E-state index < -0.39 is 0 Å². The summed E-state index contributed by atoms with van der Waals surface area (Å²) in [7, 11) is 0. The number of hydrogen-bond acceptors (Lipinski definition) is 4. The molecule has 0 unspecified atom stereocenters. The van der Waals surface area contributed by atoms with Crippen LogP contribution in [0, 0.1) is 0 Å². The molecule has 1 aromatic carbocycles. The molecule has 6 heteroatoms. The molecule has 0 saturated heterocycles. The Kier molecular flexibility index (Phi) is 3.08. The van der Waals surface area contributed by atoms with E-state index in [1.165, 1.54) is 0 Å². The van der Waals surface area contributed by atoms with Gasteiger partial charge in [-0.05, 0) is 41.4 Å². The van der Waals surface area contributed by atoms with Gasteiger partial charge in [0.05, 0.1) is 5.56 Å². The Balaban J connectivity index is 2.19. The summed E-state index contributed by atoms with van der Waals surface area (Å²) in [5, 5.41) is 4.08. The lowest BCUT2D eigenvalue weighted by molar-refractivity contribution is 0.421. The molecule has 0 saturated carbocycles. The molecular weight excluding hydrogens is 332 g/mol.